The Labute approximate surface area is 112 Å². The molecule has 1 aliphatic rings. The van der Waals surface area contributed by atoms with Crippen LogP contribution in [-0.2, 0) is 0 Å². The zero-order chi connectivity index (χ0) is 13.0. The lowest BCUT2D eigenvalue weighted by Gasteiger charge is -2.23. The first-order valence-corrected chi connectivity index (χ1v) is 6.73. The molecule has 3 nitrogen and oxygen atoms in total. The maximum Gasteiger partial charge on any atom is 0.255 e. The number of carbonyl (C=O) groups is 1. The van der Waals surface area contributed by atoms with Crippen LogP contribution in [0, 0.1) is 0 Å². The topological polar surface area (TPSA) is 38.3 Å². The second kappa shape index (κ2) is 6.10. The van der Waals surface area contributed by atoms with Gasteiger partial charge in [0.25, 0.3) is 5.91 Å². The Kier molecular flexibility index (Phi) is 4.48. The first kappa shape index (κ1) is 13.2. The monoisotopic (exact) mass is 267 g/mol. The number of halogens is 1. The van der Waals surface area contributed by atoms with Crippen LogP contribution in [0.2, 0.25) is 5.02 Å². The van der Waals surface area contributed by atoms with Crippen LogP contribution in [0.25, 0.3) is 0 Å². The van der Waals surface area contributed by atoms with Crippen LogP contribution in [0.1, 0.15) is 42.5 Å². The van der Waals surface area contributed by atoms with E-state index in [0.717, 1.165) is 12.8 Å². The highest BCUT2D eigenvalue weighted by Gasteiger charge is 2.19. The van der Waals surface area contributed by atoms with Crippen LogP contribution >= 0.6 is 11.6 Å². The van der Waals surface area contributed by atoms with Gasteiger partial charge in [0.05, 0.1) is 12.7 Å². The van der Waals surface area contributed by atoms with Gasteiger partial charge in [-0.15, -0.1) is 0 Å². The van der Waals surface area contributed by atoms with E-state index in [1.165, 1.54) is 19.3 Å². The third-order valence-electron chi connectivity index (χ3n) is 3.35. The number of benzene rings is 1. The van der Waals surface area contributed by atoms with E-state index < -0.39 is 0 Å². The molecular formula is C14H18ClNO2. The van der Waals surface area contributed by atoms with Crippen LogP contribution in [0.5, 0.6) is 5.75 Å². The van der Waals surface area contributed by atoms with Gasteiger partial charge in [-0.2, -0.15) is 0 Å². The first-order chi connectivity index (χ1) is 8.70. The van der Waals surface area contributed by atoms with Crippen molar-refractivity contribution in [3.63, 3.8) is 0 Å². The normalized spacial score (nSPS) is 16.3. The molecule has 1 fully saturated rings. The van der Waals surface area contributed by atoms with Crippen molar-refractivity contribution in [2.45, 2.75) is 38.1 Å². The molecule has 0 atom stereocenters. The van der Waals surface area contributed by atoms with E-state index in [-0.39, 0.29) is 11.9 Å². The van der Waals surface area contributed by atoms with Gasteiger partial charge < -0.3 is 10.1 Å². The van der Waals surface area contributed by atoms with Crippen LogP contribution < -0.4 is 10.1 Å². The molecule has 4 heteroatoms. The number of carbonyl (C=O) groups excluding carboxylic acids is 1. The molecule has 1 amide bonds. The molecule has 98 valence electrons. The summed E-state index contributed by atoms with van der Waals surface area (Å²) in [6.07, 6.45) is 5.78. The van der Waals surface area contributed by atoms with Crippen LogP contribution in [0.15, 0.2) is 18.2 Å². The van der Waals surface area contributed by atoms with Gasteiger partial charge in [-0.25, -0.2) is 0 Å². The molecule has 0 saturated heterocycles. The van der Waals surface area contributed by atoms with Crippen LogP contribution in [0.4, 0.5) is 0 Å². The van der Waals surface area contributed by atoms with Crippen molar-refractivity contribution in [2.24, 2.45) is 0 Å². The number of hydrogen-bond donors (Lipinski definition) is 1. The first-order valence-electron chi connectivity index (χ1n) is 6.35. The lowest BCUT2D eigenvalue weighted by Crippen LogP contribution is -2.36. The highest BCUT2D eigenvalue weighted by molar-refractivity contribution is 6.31. The van der Waals surface area contributed by atoms with E-state index in [0.29, 0.717) is 16.3 Å². The highest BCUT2D eigenvalue weighted by atomic mass is 35.5. The summed E-state index contributed by atoms with van der Waals surface area (Å²) < 4.78 is 5.19. The predicted molar refractivity (Wildman–Crippen MR) is 72.3 cm³/mol. The Balaban J connectivity index is 2.09. The van der Waals surface area contributed by atoms with Crippen molar-refractivity contribution in [3.8, 4) is 5.75 Å². The van der Waals surface area contributed by atoms with Gasteiger partial charge in [0.1, 0.15) is 5.75 Å². The maximum absolute atomic E-state index is 12.2. The van der Waals surface area contributed by atoms with Gasteiger partial charge in [-0.05, 0) is 31.0 Å². The SMILES string of the molecule is COc1ccc(Cl)cc1C(=O)NC1CCCCC1. The summed E-state index contributed by atoms with van der Waals surface area (Å²) in [5.74, 6) is 0.467. The van der Waals surface area contributed by atoms with Crippen molar-refractivity contribution < 1.29 is 9.53 Å². The van der Waals surface area contributed by atoms with Gasteiger partial charge >= 0.3 is 0 Å². The van der Waals surface area contributed by atoms with Gasteiger partial charge in [0, 0.05) is 11.1 Å². The third-order valence-corrected chi connectivity index (χ3v) is 3.58. The summed E-state index contributed by atoms with van der Waals surface area (Å²) in [6.45, 7) is 0. The van der Waals surface area contributed by atoms with Crippen molar-refractivity contribution in [3.05, 3.63) is 28.8 Å². The van der Waals surface area contributed by atoms with E-state index >= 15 is 0 Å². The Morgan fingerprint density at radius 1 is 1.33 bits per heavy atom. The van der Waals surface area contributed by atoms with E-state index in [2.05, 4.69) is 5.32 Å². The highest BCUT2D eigenvalue weighted by Crippen LogP contribution is 2.24. The Bertz CT molecular complexity index is 428. The molecule has 0 spiro atoms. The fourth-order valence-electron chi connectivity index (χ4n) is 2.37. The molecule has 0 bridgehead atoms. The molecule has 0 aromatic heterocycles. The van der Waals surface area contributed by atoms with Gasteiger partial charge in [-0.1, -0.05) is 30.9 Å². The van der Waals surface area contributed by atoms with Crippen LogP contribution in [-0.4, -0.2) is 19.1 Å². The number of ether oxygens (including phenoxy) is 1. The number of methoxy groups -OCH3 is 1. The minimum absolute atomic E-state index is 0.0961. The lowest BCUT2D eigenvalue weighted by atomic mass is 9.95. The Morgan fingerprint density at radius 2 is 2.06 bits per heavy atom. The largest absolute Gasteiger partial charge is 0.496 e. The van der Waals surface area contributed by atoms with Gasteiger partial charge in [0.15, 0.2) is 0 Å². The average Bonchev–Trinajstić information content (AvgIpc) is 2.40. The standard InChI is InChI=1S/C14H18ClNO2/c1-18-13-8-7-10(15)9-12(13)14(17)16-11-5-3-2-4-6-11/h7-9,11H,2-6H2,1H3,(H,16,17). The molecule has 1 saturated carbocycles. The zero-order valence-corrected chi connectivity index (χ0v) is 11.3. The number of nitrogens with one attached hydrogen (secondary N) is 1. The second-order valence-electron chi connectivity index (χ2n) is 4.65. The molecule has 0 aliphatic heterocycles. The molecule has 1 aromatic rings. The third kappa shape index (κ3) is 3.16. The average molecular weight is 268 g/mol. The van der Waals surface area contributed by atoms with Crippen molar-refractivity contribution in [2.75, 3.05) is 7.11 Å². The quantitative estimate of drug-likeness (QED) is 0.911. The van der Waals surface area contributed by atoms with Gasteiger partial charge in [0.2, 0.25) is 0 Å². The molecular weight excluding hydrogens is 250 g/mol. The number of hydrogen-bond acceptors (Lipinski definition) is 2. The second-order valence-corrected chi connectivity index (χ2v) is 5.09. The minimum atomic E-state index is -0.0961. The van der Waals surface area contributed by atoms with E-state index in [9.17, 15) is 4.79 Å². The summed E-state index contributed by atoms with van der Waals surface area (Å²) in [4.78, 5) is 12.2. The zero-order valence-electron chi connectivity index (χ0n) is 10.5. The minimum Gasteiger partial charge on any atom is -0.496 e. The summed E-state index contributed by atoms with van der Waals surface area (Å²) in [5.41, 5.74) is 0.510. The Morgan fingerprint density at radius 3 is 2.72 bits per heavy atom. The fraction of sp³-hybridized carbons (Fsp3) is 0.500. The van der Waals surface area contributed by atoms with Gasteiger partial charge in [-0.3, -0.25) is 4.79 Å². The maximum atomic E-state index is 12.2. The smallest absolute Gasteiger partial charge is 0.255 e. The van der Waals surface area contributed by atoms with Crippen LogP contribution in [0.3, 0.4) is 0 Å². The predicted octanol–water partition coefficient (Wildman–Crippen LogP) is 3.41. The molecule has 1 aliphatic carbocycles. The summed E-state index contributed by atoms with van der Waals surface area (Å²) in [5, 5.41) is 3.61. The summed E-state index contributed by atoms with van der Waals surface area (Å²) in [6, 6.07) is 5.38. The molecule has 1 N–H and O–H groups in total. The van der Waals surface area contributed by atoms with Crippen molar-refractivity contribution in [1.82, 2.24) is 5.32 Å². The fourth-order valence-corrected chi connectivity index (χ4v) is 2.54. The van der Waals surface area contributed by atoms with Crippen molar-refractivity contribution >= 4 is 17.5 Å². The molecule has 18 heavy (non-hydrogen) atoms. The molecule has 0 unspecified atom stereocenters. The summed E-state index contributed by atoms with van der Waals surface area (Å²) >= 11 is 5.93. The van der Waals surface area contributed by atoms with Crippen molar-refractivity contribution in [1.29, 1.82) is 0 Å². The summed E-state index contributed by atoms with van der Waals surface area (Å²) in [7, 11) is 1.56. The molecule has 1 aromatic carbocycles. The molecule has 2 rings (SSSR count). The number of rotatable bonds is 3. The van der Waals surface area contributed by atoms with E-state index in [4.69, 9.17) is 16.3 Å². The van der Waals surface area contributed by atoms with E-state index in [1.54, 1.807) is 25.3 Å². The molecule has 0 heterocycles. The molecule has 0 radical (unpaired) electrons. The lowest BCUT2D eigenvalue weighted by molar-refractivity contribution is 0.0924. The number of amides is 1. The Hall–Kier alpha value is -1.22. The van der Waals surface area contributed by atoms with E-state index in [1.807, 2.05) is 0 Å².